The zero-order valence-electron chi connectivity index (χ0n) is 5.67. The molecule has 1 aliphatic rings. The highest BCUT2D eigenvalue weighted by atomic mass is 32.3. The van der Waals surface area contributed by atoms with Crippen LogP contribution in [0.1, 0.15) is 0 Å². The Balaban J connectivity index is 3.05. The molecular formula is C5H4NO5S-. The minimum absolute atomic E-state index is 0.134. The molecule has 0 radical (unpaired) electrons. The van der Waals surface area contributed by atoms with Gasteiger partial charge in [0.1, 0.15) is 0 Å². The average Bonchev–Trinajstić information content (AvgIpc) is 2.24. The van der Waals surface area contributed by atoms with Crippen LogP contribution in [0.2, 0.25) is 0 Å². The molecule has 0 aliphatic carbocycles. The molecule has 0 fully saturated rings. The standard InChI is InChI=1S/C5H5NO5S/c7-3-4-1-2-5(6(8)9)12(4,10)11/h1-3,10-11H/p-1. The van der Waals surface area contributed by atoms with Crippen LogP contribution in [0.4, 0.5) is 0 Å². The molecule has 66 valence electrons. The molecule has 0 aromatic rings. The lowest BCUT2D eigenvalue weighted by molar-refractivity contribution is -0.412. The van der Waals surface area contributed by atoms with E-state index in [1.54, 1.807) is 0 Å². The van der Waals surface area contributed by atoms with E-state index in [0.29, 0.717) is 0 Å². The lowest BCUT2D eigenvalue weighted by atomic mass is 10.5. The molecule has 6 nitrogen and oxygen atoms in total. The molecule has 1 heterocycles. The summed E-state index contributed by atoms with van der Waals surface area (Å²) in [6.45, 7) is 0. The van der Waals surface area contributed by atoms with Crippen LogP contribution in [0, 0.1) is 10.1 Å². The summed E-state index contributed by atoms with van der Waals surface area (Å²) in [5.41, 5.74) is 0. The first kappa shape index (κ1) is 8.91. The van der Waals surface area contributed by atoms with Crippen LogP contribution < -0.4 is 0 Å². The van der Waals surface area contributed by atoms with Crippen molar-refractivity contribution in [3.63, 3.8) is 0 Å². The third kappa shape index (κ3) is 1.13. The summed E-state index contributed by atoms with van der Waals surface area (Å²) in [5, 5.41) is 9.28. The summed E-state index contributed by atoms with van der Waals surface area (Å²) in [6.07, 6.45) is 1.95. The number of hydrogen-bond donors (Lipinski definition) is 1. The Morgan fingerprint density at radius 2 is 2.17 bits per heavy atom. The highest BCUT2D eigenvalue weighted by Crippen LogP contribution is 2.57. The molecule has 12 heavy (non-hydrogen) atoms. The van der Waals surface area contributed by atoms with E-state index in [1.165, 1.54) is 0 Å². The molecular weight excluding hydrogens is 186 g/mol. The SMILES string of the molecule is O=CC1=CC=C([N+](=O)[O-])S1([O-])O. The van der Waals surface area contributed by atoms with Crippen molar-refractivity contribution < 1.29 is 18.8 Å². The van der Waals surface area contributed by atoms with E-state index in [9.17, 15) is 19.5 Å². The lowest BCUT2D eigenvalue weighted by Crippen LogP contribution is -2.08. The molecule has 0 saturated heterocycles. The van der Waals surface area contributed by atoms with Gasteiger partial charge < -0.3 is 9.11 Å². The minimum atomic E-state index is -3.87. The fourth-order valence-corrected chi connectivity index (χ4v) is 1.80. The summed E-state index contributed by atoms with van der Waals surface area (Å²) in [5.74, 6) is 0. The smallest absolute Gasteiger partial charge is 0.328 e. The van der Waals surface area contributed by atoms with Crippen LogP contribution >= 0.6 is 10.6 Å². The highest BCUT2D eigenvalue weighted by molar-refractivity contribution is 8.31. The van der Waals surface area contributed by atoms with Crippen molar-refractivity contribution in [2.24, 2.45) is 0 Å². The van der Waals surface area contributed by atoms with E-state index in [2.05, 4.69) is 0 Å². The Morgan fingerprint density at radius 3 is 2.42 bits per heavy atom. The van der Waals surface area contributed by atoms with Gasteiger partial charge in [0.15, 0.2) is 6.29 Å². The zero-order valence-corrected chi connectivity index (χ0v) is 6.48. The summed E-state index contributed by atoms with van der Waals surface area (Å²) < 4.78 is 20.1. The van der Waals surface area contributed by atoms with Crippen molar-refractivity contribution >= 4 is 16.9 Å². The molecule has 0 spiro atoms. The Kier molecular flexibility index (Phi) is 2.01. The van der Waals surface area contributed by atoms with Gasteiger partial charge in [-0.25, -0.2) is 10.6 Å². The molecule has 0 amide bonds. The van der Waals surface area contributed by atoms with Crippen LogP contribution in [-0.2, 0) is 4.79 Å². The molecule has 0 bridgehead atoms. The van der Waals surface area contributed by atoms with E-state index in [1.807, 2.05) is 0 Å². The van der Waals surface area contributed by atoms with Gasteiger partial charge in [-0.05, 0) is 6.08 Å². The van der Waals surface area contributed by atoms with Crippen molar-refractivity contribution in [1.82, 2.24) is 0 Å². The summed E-state index contributed by atoms with van der Waals surface area (Å²) >= 11 is 0. The number of carbonyl (C=O) groups excluding carboxylic acids is 1. The second kappa shape index (κ2) is 2.70. The van der Waals surface area contributed by atoms with E-state index < -0.39 is 25.4 Å². The fraction of sp³-hybridized carbons (Fsp3) is 0. The number of nitro groups is 1. The molecule has 7 heteroatoms. The third-order valence-electron chi connectivity index (χ3n) is 1.29. The lowest BCUT2D eigenvalue weighted by Gasteiger charge is -2.38. The van der Waals surface area contributed by atoms with Gasteiger partial charge in [0.2, 0.25) is 0 Å². The predicted octanol–water partition coefficient (Wildman–Crippen LogP) is 0.609. The van der Waals surface area contributed by atoms with Crippen LogP contribution in [0.3, 0.4) is 0 Å². The number of carbonyl (C=O) groups is 1. The number of hydrogen-bond acceptors (Lipinski definition) is 5. The first-order valence-electron chi connectivity index (χ1n) is 2.78. The first-order valence-corrected chi connectivity index (χ1v) is 4.30. The number of rotatable bonds is 2. The van der Waals surface area contributed by atoms with Gasteiger partial charge in [0.05, 0.1) is 9.83 Å². The van der Waals surface area contributed by atoms with Crippen LogP contribution in [-0.4, -0.2) is 20.3 Å². The summed E-state index contributed by atoms with van der Waals surface area (Å²) in [4.78, 5) is 18.8. The van der Waals surface area contributed by atoms with Gasteiger partial charge in [-0.2, -0.15) is 0 Å². The Morgan fingerprint density at radius 1 is 1.58 bits per heavy atom. The van der Waals surface area contributed by atoms with E-state index in [0.717, 1.165) is 12.2 Å². The van der Waals surface area contributed by atoms with Crippen molar-refractivity contribution in [1.29, 1.82) is 0 Å². The number of nitrogens with zero attached hydrogens (tertiary/aromatic N) is 1. The highest BCUT2D eigenvalue weighted by Gasteiger charge is 2.29. The molecule has 1 unspecified atom stereocenters. The first-order chi connectivity index (χ1) is 5.50. The monoisotopic (exact) mass is 190 g/mol. The Bertz CT molecular complexity index is 305. The summed E-state index contributed by atoms with van der Waals surface area (Å²) in [6, 6.07) is 0. The molecule has 1 atom stereocenters. The minimum Gasteiger partial charge on any atom is -0.755 e. The second-order valence-corrected chi connectivity index (χ2v) is 3.92. The topological polar surface area (TPSA) is 104 Å². The van der Waals surface area contributed by atoms with Gasteiger partial charge in [-0.15, -0.1) is 0 Å². The van der Waals surface area contributed by atoms with Crippen LogP contribution in [0.5, 0.6) is 0 Å². The molecule has 0 saturated carbocycles. The van der Waals surface area contributed by atoms with Crippen LogP contribution in [0.25, 0.3) is 0 Å². The van der Waals surface area contributed by atoms with Gasteiger partial charge >= 0.3 is 5.03 Å². The maximum Gasteiger partial charge on any atom is 0.328 e. The van der Waals surface area contributed by atoms with E-state index in [-0.39, 0.29) is 6.29 Å². The van der Waals surface area contributed by atoms with E-state index >= 15 is 0 Å². The second-order valence-electron chi connectivity index (χ2n) is 1.97. The number of aldehydes is 1. The Hall–Kier alpha value is -1.18. The molecule has 0 aromatic heterocycles. The van der Waals surface area contributed by atoms with Gasteiger partial charge in [-0.1, -0.05) is 0 Å². The van der Waals surface area contributed by atoms with Gasteiger partial charge in [-0.3, -0.25) is 14.9 Å². The zero-order chi connectivity index (χ0) is 9.35. The fourth-order valence-electron chi connectivity index (χ4n) is 0.725. The van der Waals surface area contributed by atoms with E-state index in [4.69, 9.17) is 4.55 Å². The average molecular weight is 190 g/mol. The van der Waals surface area contributed by atoms with Crippen LogP contribution in [0.15, 0.2) is 22.1 Å². The molecule has 0 aromatic carbocycles. The normalized spacial score (nSPS) is 33.2. The maximum atomic E-state index is 11.1. The maximum absolute atomic E-state index is 11.1. The number of allylic oxidation sites excluding steroid dienone is 3. The molecule has 1 N–H and O–H groups in total. The molecule has 1 aliphatic heterocycles. The summed E-state index contributed by atoms with van der Waals surface area (Å²) in [7, 11) is -3.87. The third-order valence-corrected chi connectivity index (χ3v) is 3.01. The van der Waals surface area contributed by atoms with Crippen molar-refractivity contribution in [3.8, 4) is 0 Å². The molecule has 1 rings (SSSR count). The largest absolute Gasteiger partial charge is 0.755 e. The van der Waals surface area contributed by atoms with Crippen molar-refractivity contribution in [2.75, 3.05) is 0 Å². The predicted molar refractivity (Wildman–Crippen MR) is 40.2 cm³/mol. The van der Waals surface area contributed by atoms with Crippen molar-refractivity contribution in [3.05, 3.63) is 32.2 Å². The quantitative estimate of drug-likeness (QED) is 0.390. The Labute approximate surface area is 68.7 Å². The van der Waals surface area contributed by atoms with Gasteiger partial charge in [0, 0.05) is 6.08 Å². The van der Waals surface area contributed by atoms with Crippen molar-refractivity contribution in [2.45, 2.75) is 0 Å². The van der Waals surface area contributed by atoms with Gasteiger partial charge in [0.25, 0.3) is 0 Å².